The van der Waals surface area contributed by atoms with Gasteiger partial charge in [0, 0.05) is 6.42 Å². The summed E-state index contributed by atoms with van der Waals surface area (Å²) in [5.74, 6) is -0.0921. The van der Waals surface area contributed by atoms with Crippen LogP contribution in [0, 0.1) is 0 Å². The lowest BCUT2D eigenvalue weighted by molar-refractivity contribution is -0.123. The molecular formula is C18H35NO3. The summed E-state index contributed by atoms with van der Waals surface area (Å²) in [6.07, 6.45) is 13.2. The maximum Gasteiger partial charge on any atom is 0.220 e. The summed E-state index contributed by atoms with van der Waals surface area (Å²) >= 11 is 0. The number of amides is 1. The number of aliphatic hydroxyl groups excluding tert-OH is 2. The third-order valence-electron chi connectivity index (χ3n) is 3.77. The Morgan fingerprint density at radius 1 is 1.05 bits per heavy atom. The molecule has 3 N–H and O–H groups in total. The summed E-state index contributed by atoms with van der Waals surface area (Å²) in [7, 11) is 0. The molecule has 0 fully saturated rings. The molecule has 0 radical (unpaired) electrons. The van der Waals surface area contributed by atoms with E-state index >= 15 is 0 Å². The summed E-state index contributed by atoms with van der Waals surface area (Å²) < 4.78 is 0. The lowest BCUT2D eigenvalue weighted by atomic mass is 10.1. The first-order valence-electron chi connectivity index (χ1n) is 8.90. The summed E-state index contributed by atoms with van der Waals surface area (Å²) in [4.78, 5) is 11.8. The second-order valence-electron chi connectivity index (χ2n) is 5.94. The van der Waals surface area contributed by atoms with Crippen LogP contribution in [-0.4, -0.2) is 34.9 Å². The van der Waals surface area contributed by atoms with Gasteiger partial charge in [-0.25, -0.2) is 0 Å². The molecule has 0 aromatic heterocycles. The van der Waals surface area contributed by atoms with Crippen LogP contribution in [0.15, 0.2) is 12.2 Å². The van der Waals surface area contributed by atoms with Crippen molar-refractivity contribution in [3.05, 3.63) is 12.2 Å². The minimum Gasteiger partial charge on any atom is -0.394 e. The Hall–Kier alpha value is -0.870. The number of allylic oxidation sites excluding steroid dienone is 1. The van der Waals surface area contributed by atoms with Gasteiger partial charge in [0.05, 0.1) is 18.8 Å². The minimum absolute atomic E-state index is 0.0921. The molecule has 0 bridgehead atoms. The normalized spacial score (nSPS) is 14.2. The van der Waals surface area contributed by atoms with Crippen LogP contribution >= 0.6 is 0 Å². The average molecular weight is 313 g/mol. The first-order chi connectivity index (χ1) is 10.7. The van der Waals surface area contributed by atoms with Crippen LogP contribution in [-0.2, 0) is 4.79 Å². The highest BCUT2D eigenvalue weighted by Gasteiger charge is 2.17. The Kier molecular flexibility index (Phi) is 14.4. The molecule has 2 atom stereocenters. The van der Waals surface area contributed by atoms with Crippen molar-refractivity contribution in [3.8, 4) is 0 Å². The fraction of sp³-hybridized carbons (Fsp3) is 0.833. The van der Waals surface area contributed by atoms with Crippen LogP contribution in [0.1, 0.15) is 78.1 Å². The van der Waals surface area contributed by atoms with Crippen LogP contribution in [0.3, 0.4) is 0 Å². The highest BCUT2D eigenvalue weighted by atomic mass is 16.3. The first-order valence-corrected chi connectivity index (χ1v) is 8.90. The monoisotopic (exact) mass is 313 g/mol. The maximum absolute atomic E-state index is 11.8. The van der Waals surface area contributed by atoms with E-state index in [1.165, 1.54) is 19.3 Å². The van der Waals surface area contributed by atoms with Gasteiger partial charge >= 0.3 is 0 Å². The quantitative estimate of drug-likeness (QED) is 0.340. The highest BCUT2D eigenvalue weighted by Crippen LogP contribution is 2.06. The second kappa shape index (κ2) is 15.0. The van der Waals surface area contributed by atoms with E-state index in [0.717, 1.165) is 38.5 Å². The molecule has 2 unspecified atom stereocenters. The van der Waals surface area contributed by atoms with Gasteiger partial charge in [0.2, 0.25) is 5.91 Å². The predicted octanol–water partition coefficient (Wildman–Crippen LogP) is 3.32. The molecule has 0 aromatic rings. The smallest absolute Gasteiger partial charge is 0.220 e. The topological polar surface area (TPSA) is 69.6 Å². The van der Waals surface area contributed by atoms with Gasteiger partial charge in [-0.05, 0) is 19.3 Å². The molecule has 0 spiro atoms. The van der Waals surface area contributed by atoms with Gasteiger partial charge in [0.25, 0.3) is 0 Å². The number of hydrogen-bond donors (Lipinski definition) is 3. The fourth-order valence-electron chi connectivity index (χ4n) is 2.29. The number of rotatable bonds is 14. The molecule has 0 aliphatic carbocycles. The minimum atomic E-state index is -0.823. The molecule has 4 heteroatoms. The van der Waals surface area contributed by atoms with E-state index in [4.69, 9.17) is 0 Å². The zero-order valence-electron chi connectivity index (χ0n) is 14.4. The van der Waals surface area contributed by atoms with Gasteiger partial charge in [-0.15, -0.1) is 0 Å². The van der Waals surface area contributed by atoms with Crippen LogP contribution < -0.4 is 5.32 Å². The Bertz CT molecular complexity index is 292. The van der Waals surface area contributed by atoms with Crippen LogP contribution in [0.25, 0.3) is 0 Å². The zero-order chi connectivity index (χ0) is 16.6. The van der Waals surface area contributed by atoms with Gasteiger partial charge < -0.3 is 15.5 Å². The lowest BCUT2D eigenvalue weighted by Gasteiger charge is -2.19. The lowest BCUT2D eigenvalue weighted by Crippen LogP contribution is -2.45. The maximum atomic E-state index is 11.8. The molecule has 0 aliphatic rings. The van der Waals surface area contributed by atoms with E-state index in [1.54, 1.807) is 6.08 Å². The molecule has 0 rings (SSSR count). The third kappa shape index (κ3) is 11.8. The number of unbranched alkanes of at least 4 members (excludes halogenated alkanes) is 7. The summed E-state index contributed by atoms with van der Waals surface area (Å²) in [5.41, 5.74) is 0. The Morgan fingerprint density at radius 2 is 1.68 bits per heavy atom. The fourth-order valence-corrected chi connectivity index (χ4v) is 2.29. The second-order valence-corrected chi connectivity index (χ2v) is 5.94. The number of carbonyl (C=O) groups excluding carboxylic acids is 1. The van der Waals surface area contributed by atoms with Crippen molar-refractivity contribution in [2.45, 2.75) is 90.2 Å². The van der Waals surface area contributed by atoms with Crippen molar-refractivity contribution in [1.82, 2.24) is 5.32 Å². The summed E-state index contributed by atoms with van der Waals surface area (Å²) in [6, 6.07) is -0.606. The van der Waals surface area contributed by atoms with Crippen molar-refractivity contribution in [2.75, 3.05) is 6.61 Å². The Morgan fingerprint density at radius 3 is 2.27 bits per heavy atom. The molecule has 22 heavy (non-hydrogen) atoms. The van der Waals surface area contributed by atoms with E-state index in [-0.39, 0.29) is 12.5 Å². The van der Waals surface area contributed by atoms with E-state index in [9.17, 15) is 15.0 Å². The van der Waals surface area contributed by atoms with Crippen LogP contribution in [0.5, 0.6) is 0 Å². The van der Waals surface area contributed by atoms with Gasteiger partial charge in [0.15, 0.2) is 0 Å². The molecule has 0 aliphatic heterocycles. The largest absolute Gasteiger partial charge is 0.394 e. The molecule has 130 valence electrons. The van der Waals surface area contributed by atoms with Crippen molar-refractivity contribution in [1.29, 1.82) is 0 Å². The molecule has 1 amide bonds. The molecular weight excluding hydrogens is 278 g/mol. The van der Waals surface area contributed by atoms with Crippen molar-refractivity contribution in [2.24, 2.45) is 0 Å². The van der Waals surface area contributed by atoms with Crippen LogP contribution in [0.4, 0.5) is 0 Å². The molecule has 0 heterocycles. The van der Waals surface area contributed by atoms with Gasteiger partial charge in [0.1, 0.15) is 0 Å². The number of nitrogens with one attached hydrogen (secondary N) is 1. The van der Waals surface area contributed by atoms with Gasteiger partial charge in [-0.2, -0.15) is 0 Å². The first kappa shape index (κ1) is 21.1. The van der Waals surface area contributed by atoms with Gasteiger partial charge in [-0.3, -0.25) is 4.79 Å². The molecule has 0 saturated carbocycles. The molecule has 4 nitrogen and oxygen atoms in total. The van der Waals surface area contributed by atoms with Crippen molar-refractivity contribution >= 4 is 5.91 Å². The highest BCUT2D eigenvalue weighted by molar-refractivity contribution is 5.76. The zero-order valence-corrected chi connectivity index (χ0v) is 14.4. The summed E-state index contributed by atoms with van der Waals surface area (Å²) in [6.45, 7) is 4.06. The van der Waals surface area contributed by atoms with E-state index in [0.29, 0.717) is 6.42 Å². The molecule has 0 aromatic carbocycles. The standard InChI is InChI=1S/C18H35NO3/c1-3-5-7-9-10-11-13-17(21)16(15-20)19-18(22)14-12-8-6-4-2/h11,13,16-17,20-21H,3-10,12,14-15H2,1-2H3,(H,19,22)/b13-11+. The van der Waals surface area contributed by atoms with E-state index < -0.39 is 12.1 Å². The van der Waals surface area contributed by atoms with Gasteiger partial charge in [-0.1, -0.05) is 64.5 Å². The van der Waals surface area contributed by atoms with Crippen molar-refractivity contribution in [3.63, 3.8) is 0 Å². The third-order valence-corrected chi connectivity index (χ3v) is 3.77. The average Bonchev–Trinajstić information content (AvgIpc) is 2.52. The van der Waals surface area contributed by atoms with E-state index in [2.05, 4.69) is 19.2 Å². The number of hydrogen-bond acceptors (Lipinski definition) is 3. The SMILES string of the molecule is CCCCCC/C=C/C(O)C(CO)NC(=O)CCCCCC. The predicted molar refractivity (Wildman–Crippen MR) is 91.7 cm³/mol. The number of aliphatic hydroxyl groups is 2. The Labute approximate surface area is 136 Å². The molecule has 0 saturated heterocycles. The number of carbonyl (C=O) groups is 1. The van der Waals surface area contributed by atoms with E-state index in [1.807, 2.05) is 6.08 Å². The van der Waals surface area contributed by atoms with Crippen LogP contribution in [0.2, 0.25) is 0 Å². The summed E-state index contributed by atoms with van der Waals surface area (Å²) in [5, 5.41) is 22.0. The van der Waals surface area contributed by atoms with Crippen molar-refractivity contribution < 1.29 is 15.0 Å². The Balaban J connectivity index is 3.94.